The van der Waals surface area contributed by atoms with Gasteiger partial charge in [0, 0.05) is 31.2 Å². The molecule has 0 bridgehead atoms. The zero-order valence-electron chi connectivity index (χ0n) is 41.3. The molecule has 0 saturated heterocycles. The molecule has 6 heteroatoms. The van der Waals surface area contributed by atoms with Crippen molar-refractivity contribution in [3.8, 4) is 39.5 Å². The minimum absolute atomic E-state index is 0. The molecule has 1 radical (unpaired) electrons. The fourth-order valence-electron chi connectivity index (χ4n) is 9.20. The molecule has 0 aliphatic heterocycles. The predicted octanol–water partition coefficient (Wildman–Crippen LogP) is 16.0. The predicted molar refractivity (Wildman–Crippen MR) is 277 cm³/mol. The van der Waals surface area contributed by atoms with Crippen molar-refractivity contribution in [2.75, 3.05) is 0 Å². The van der Waals surface area contributed by atoms with E-state index in [9.17, 15) is 0 Å². The van der Waals surface area contributed by atoms with Crippen molar-refractivity contribution in [1.82, 2.24) is 14.5 Å². The number of hydrogen-bond donors (Lipinski definition) is 0. The van der Waals surface area contributed by atoms with E-state index in [-0.39, 0.29) is 31.9 Å². The Bertz CT molecular complexity index is 3640. The average molecular weight is 1100 g/mol. The van der Waals surface area contributed by atoms with Gasteiger partial charge in [0.25, 0.3) is 0 Å². The van der Waals surface area contributed by atoms with Gasteiger partial charge in [-0.1, -0.05) is 118 Å². The molecule has 4 nitrogen and oxygen atoms in total. The fraction of sp³-hybridized carbons (Fsp3) is 0.167. The van der Waals surface area contributed by atoms with Crippen LogP contribution < -0.4 is 4.40 Å². The molecule has 0 fully saturated rings. The Labute approximate surface area is 408 Å². The third-order valence-corrected chi connectivity index (χ3v) is 16.7. The summed E-state index contributed by atoms with van der Waals surface area (Å²) >= 11 is -2.27. The molecular weight excluding hydrogens is 1040 g/mol. The van der Waals surface area contributed by atoms with E-state index in [2.05, 4.69) is 188 Å². The summed E-state index contributed by atoms with van der Waals surface area (Å²) in [5, 5.41) is 7.05. The fourth-order valence-corrected chi connectivity index (χ4v) is 12.0. The van der Waals surface area contributed by atoms with Crippen LogP contribution >= 0.6 is 0 Å². The smallest absolute Gasteiger partial charge is 0 e. The summed E-state index contributed by atoms with van der Waals surface area (Å²) in [6.07, 6.45) is 1.76. The Balaban J connectivity index is 0.000000238. The first-order valence-corrected chi connectivity index (χ1v) is 29.9. The van der Waals surface area contributed by atoms with Crippen LogP contribution in [0.4, 0.5) is 0 Å². The zero-order chi connectivity index (χ0) is 47.5. The van der Waals surface area contributed by atoms with Crippen LogP contribution in [0.2, 0.25) is 17.3 Å². The molecule has 11 rings (SSSR count). The number of hydrogen-bond acceptors (Lipinski definition) is 3. The van der Waals surface area contributed by atoms with E-state index >= 15 is 0 Å². The van der Waals surface area contributed by atoms with Crippen LogP contribution in [-0.2, 0) is 20.1 Å². The molecule has 66 heavy (non-hydrogen) atoms. The van der Waals surface area contributed by atoms with Crippen LogP contribution in [0.5, 0.6) is 0 Å². The van der Waals surface area contributed by atoms with E-state index in [0.717, 1.165) is 54.3 Å². The molecule has 0 aliphatic rings. The maximum absolute atomic E-state index is 7.78. The minimum Gasteiger partial charge on any atom is 0 e. The summed E-state index contributed by atoms with van der Waals surface area (Å²) in [6.45, 7) is 7.06. The van der Waals surface area contributed by atoms with Gasteiger partial charge in [-0.05, 0) is 92.0 Å². The first kappa shape index (κ1) is 41.3. The summed E-state index contributed by atoms with van der Waals surface area (Å²) in [4.78, 5) is 9.78. The van der Waals surface area contributed by atoms with Crippen molar-refractivity contribution in [2.45, 2.75) is 63.7 Å². The number of pyridine rings is 1. The van der Waals surface area contributed by atoms with E-state index < -0.39 is 20.1 Å². The van der Waals surface area contributed by atoms with Gasteiger partial charge in [-0.15, -0.1) is 18.2 Å². The van der Waals surface area contributed by atoms with Crippen LogP contribution in [-0.4, -0.2) is 27.8 Å². The van der Waals surface area contributed by atoms with Gasteiger partial charge < -0.3 is 8.98 Å². The third kappa shape index (κ3) is 8.34. The molecule has 0 unspecified atom stereocenters. The molecule has 8 aromatic carbocycles. The van der Waals surface area contributed by atoms with E-state index in [1.54, 1.807) is 12.3 Å². The Morgan fingerprint density at radius 2 is 1.35 bits per heavy atom. The van der Waals surface area contributed by atoms with Crippen molar-refractivity contribution < 1.29 is 28.6 Å². The standard InChI is InChI=1S/C45H35N2O.C15H18GeN.Ir/c1-27(2)36-23-32(29-13-6-5-7-14-29)24-37(28(3)4)43(36)47-41-20-11-10-19-40(41)46-45(47)35-18-12-17-34-39-26-38-31(25-42(39)48-44(34)35)22-21-30-15-8-9-16-33(30)38;1-12-10-15(13-8-6-5-7-9-13)17-11-14(12)16(2,3)4;/h5-17,19-28H,1-4H3;5-8,10-11H,1-4H3;/q2*-1;/i;1D3;. The number of rotatable bonds is 7. The average Bonchev–Trinajstić information content (AvgIpc) is 3.91. The number of aromatic nitrogens is 3. The topological polar surface area (TPSA) is 43.9 Å². The summed E-state index contributed by atoms with van der Waals surface area (Å²) in [5.74, 6) is 7.95. The molecule has 0 saturated carbocycles. The van der Waals surface area contributed by atoms with Gasteiger partial charge in [0.1, 0.15) is 5.58 Å². The van der Waals surface area contributed by atoms with E-state index in [1.807, 2.05) is 30.3 Å². The molecule has 0 spiro atoms. The second kappa shape index (κ2) is 18.3. The molecule has 0 aliphatic carbocycles. The molecule has 3 heterocycles. The number of furan rings is 1. The second-order valence-corrected chi connectivity index (χ2v) is 29.2. The van der Waals surface area contributed by atoms with Gasteiger partial charge >= 0.3 is 110 Å². The monoisotopic (exact) mass is 1100 g/mol. The Kier molecular flexibility index (Phi) is 11.5. The van der Waals surface area contributed by atoms with Crippen molar-refractivity contribution in [1.29, 1.82) is 0 Å². The minimum atomic E-state index is -2.27. The molecule has 3 aromatic heterocycles. The summed E-state index contributed by atoms with van der Waals surface area (Å²) in [5.41, 5.74) is 12.8. The van der Waals surface area contributed by atoms with Crippen molar-refractivity contribution in [3.63, 3.8) is 0 Å². The second-order valence-electron chi connectivity index (χ2n) is 18.6. The van der Waals surface area contributed by atoms with Crippen LogP contribution in [0.15, 0.2) is 168 Å². The van der Waals surface area contributed by atoms with Gasteiger partial charge in [-0.3, -0.25) is 4.98 Å². The number of nitrogens with zero attached hydrogens (tertiary/aromatic N) is 3. The van der Waals surface area contributed by atoms with Gasteiger partial charge in [-0.2, -0.15) is 0 Å². The SMILES string of the molecule is CC(C)c1cc(-c2ccccc2)cc(C(C)C)c1-n1c(-c2[c-]ccc3c2oc2cc4ccc5ccccc5c4cc23)nc2ccccc21.[2H]C([2H])([2H])c1cc(-c2[c-]cccc2)nc[c]1[Ge]([CH3])([CH3])[CH3].[Ir]. The van der Waals surface area contributed by atoms with Crippen LogP contribution in [0, 0.1) is 19.0 Å². The number of aryl methyl sites for hydroxylation is 1. The normalized spacial score (nSPS) is 12.7. The molecule has 11 aromatic rings. The quantitative estimate of drug-likeness (QED) is 0.0907. The first-order valence-electron chi connectivity index (χ1n) is 24.0. The van der Waals surface area contributed by atoms with Gasteiger partial charge in [0.15, 0.2) is 0 Å². The van der Waals surface area contributed by atoms with E-state index in [4.69, 9.17) is 13.5 Å². The van der Waals surface area contributed by atoms with Gasteiger partial charge in [-0.25, -0.2) is 0 Å². The Hall–Kier alpha value is -6.11. The summed E-state index contributed by atoms with van der Waals surface area (Å²) < 4.78 is 33.4. The van der Waals surface area contributed by atoms with Crippen molar-refractivity contribution in [3.05, 3.63) is 193 Å². The number of imidazole rings is 1. The van der Waals surface area contributed by atoms with Crippen LogP contribution in [0.1, 0.15) is 60.3 Å². The number of para-hydroxylation sites is 2. The van der Waals surface area contributed by atoms with Crippen molar-refractivity contribution >= 4 is 72.2 Å². The van der Waals surface area contributed by atoms with E-state index in [0.29, 0.717) is 11.3 Å². The van der Waals surface area contributed by atoms with Crippen molar-refractivity contribution in [2.24, 2.45) is 0 Å². The maximum Gasteiger partial charge on any atom is 0 e. The summed E-state index contributed by atoms with van der Waals surface area (Å²) in [6, 6.07) is 61.4. The molecular formula is C60H53GeIrN3O-2. The van der Waals surface area contributed by atoms with Crippen LogP contribution in [0.25, 0.3) is 94.0 Å². The molecule has 0 amide bonds. The zero-order valence-corrected chi connectivity index (χ0v) is 42.8. The van der Waals surface area contributed by atoms with E-state index in [1.165, 1.54) is 49.5 Å². The third-order valence-electron chi connectivity index (χ3n) is 12.5. The Morgan fingerprint density at radius 3 is 2.08 bits per heavy atom. The van der Waals surface area contributed by atoms with Gasteiger partial charge in [0.05, 0.1) is 22.4 Å². The van der Waals surface area contributed by atoms with Gasteiger partial charge in [0.2, 0.25) is 0 Å². The molecule has 0 atom stereocenters. The Morgan fingerprint density at radius 1 is 0.636 bits per heavy atom. The largest absolute Gasteiger partial charge is 0 e. The number of benzene rings is 8. The van der Waals surface area contributed by atoms with Crippen LogP contribution in [0.3, 0.4) is 0 Å². The summed E-state index contributed by atoms with van der Waals surface area (Å²) in [7, 11) is 0. The molecule has 329 valence electrons. The first-order chi connectivity index (χ1) is 32.7. The molecule has 0 N–H and O–H groups in total. The number of fused-ring (bicyclic) bond motifs is 7. The maximum atomic E-state index is 7.78.